The number of nitrogens with zero attached hydrogens (tertiary/aromatic N) is 1. The summed E-state index contributed by atoms with van der Waals surface area (Å²) in [4.78, 5) is 25.0. The van der Waals surface area contributed by atoms with Crippen LogP contribution in [0.15, 0.2) is 85.1 Å². The third-order valence-electron chi connectivity index (χ3n) is 5.37. The number of benzene rings is 2. The Balaban J connectivity index is 1.41. The quantitative estimate of drug-likeness (QED) is 0.366. The molecule has 0 radical (unpaired) electrons. The number of amides is 1. The number of nitrogens with one attached hydrogen (secondary N) is 1. The maximum absolute atomic E-state index is 13.0. The van der Waals surface area contributed by atoms with E-state index in [1.165, 1.54) is 6.20 Å². The lowest BCUT2D eigenvalue weighted by Gasteiger charge is -2.18. The van der Waals surface area contributed by atoms with Gasteiger partial charge in [-0.1, -0.05) is 60.5 Å². The Morgan fingerprint density at radius 2 is 1.94 bits per heavy atom. The Labute approximate surface area is 198 Å². The van der Waals surface area contributed by atoms with Gasteiger partial charge in [0.15, 0.2) is 0 Å². The predicted octanol–water partition coefficient (Wildman–Crippen LogP) is 4.21. The predicted molar refractivity (Wildman–Crippen MR) is 131 cm³/mol. The largest absolute Gasteiger partial charge is 0.457 e. The summed E-state index contributed by atoms with van der Waals surface area (Å²) in [5, 5.41) is 3.62. The number of ether oxygens (including phenoxy) is 2. The minimum atomic E-state index is -0.407. The lowest BCUT2D eigenvalue weighted by Crippen LogP contribution is -2.22. The third-order valence-corrected chi connectivity index (χ3v) is 5.37. The van der Waals surface area contributed by atoms with Crippen molar-refractivity contribution in [3.63, 3.8) is 0 Å². The number of hydrogen-bond acceptors (Lipinski definition) is 4. The number of aromatic nitrogens is 1. The molecular weight excluding hydrogens is 428 g/mol. The van der Waals surface area contributed by atoms with Crippen LogP contribution in [-0.2, 0) is 20.8 Å². The first kappa shape index (κ1) is 23.1. The molecule has 0 bridgehead atoms. The van der Waals surface area contributed by atoms with Gasteiger partial charge in [0.2, 0.25) is 0 Å². The molecule has 3 aromatic rings. The Morgan fingerprint density at radius 1 is 1.12 bits per heavy atom. The minimum absolute atomic E-state index is 0.374. The molecule has 0 aliphatic carbocycles. The fraction of sp³-hybridized carbons (Fsp3) is 0.214. The van der Waals surface area contributed by atoms with Gasteiger partial charge in [-0.15, -0.1) is 0 Å². The molecule has 34 heavy (non-hydrogen) atoms. The fourth-order valence-electron chi connectivity index (χ4n) is 3.67. The van der Waals surface area contributed by atoms with Crippen LogP contribution in [0.2, 0.25) is 0 Å². The average Bonchev–Trinajstić information content (AvgIpc) is 3.23. The van der Waals surface area contributed by atoms with Crippen LogP contribution in [0.5, 0.6) is 0 Å². The van der Waals surface area contributed by atoms with Gasteiger partial charge in [0, 0.05) is 48.0 Å². The lowest BCUT2D eigenvalue weighted by atomic mass is 10.2. The van der Waals surface area contributed by atoms with E-state index in [1.807, 2.05) is 77.4 Å². The number of hydrogen-bond donors (Lipinski definition) is 1. The normalized spacial score (nSPS) is 17.5. The SMILES string of the molecule is O=C(C#Cc1ccccc1)N/C=C/C[C@H]1CCOC/C=C/Cn2c(cc3ccccc32)C(=O)O1. The van der Waals surface area contributed by atoms with Crippen LogP contribution in [-0.4, -0.2) is 35.8 Å². The van der Waals surface area contributed by atoms with E-state index in [1.54, 1.807) is 6.08 Å². The summed E-state index contributed by atoms with van der Waals surface area (Å²) in [6.45, 7) is 1.52. The number of carbonyl (C=O) groups excluding carboxylic acids is 2. The molecular formula is C28H26N2O4. The fourth-order valence-corrected chi connectivity index (χ4v) is 3.67. The standard InChI is InChI=1S/C28H26N2O4/c31-27(15-14-22-9-2-1-3-10-22)29-17-8-12-24-16-20-33-19-7-6-18-30-25-13-5-4-11-23(25)21-26(30)28(32)34-24/h1-11,13,17,21,24H,12,16,18-20H2,(H,29,31)/b7-6+,17-8+/t24-/m0/s1. The van der Waals surface area contributed by atoms with Gasteiger partial charge in [0.1, 0.15) is 11.8 Å². The number of cyclic esters (lactones) is 1. The summed E-state index contributed by atoms with van der Waals surface area (Å²) >= 11 is 0. The Bertz CT molecular complexity index is 1260. The highest BCUT2D eigenvalue weighted by atomic mass is 16.5. The molecule has 1 aromatic heterocycles. The molecule has 0 fully saturated rings. The van der Waals surface area contributed by atoms with Gasteiger partial charge >= 0.3 is 5.97 Å². The van der Waals surface area contributed by atoms with Crippen LogP contribution < -0.4 is 5.32 Å². The van der Waals surface area contributed by atoms with E-state index >= 15 is 0 Å². The van der Waals surface area contributed by atoms with Gasteiger partial charge in [0.25, 0.3) is 5.91 Å². The Morgan fingerprint density at radius 3 is 2.82 bits per heavy atom. The van der Waals surface area contributed by atoms with Crippen molar-refractivity contribution in [2.75, 3.05) is 13.2 Å². The topological polar surface area (TPSA) is 69.6 Å². The molecule has 6 nitrogen and oxygen atoms in total. The summed E-state index contributed by atoms with van der Waals surface area (Å²) in [7, 11) is 0. The van der Waals surface area contributed by atoms with Crippen LogP contribution >= 0.6 is 0 Å². The molecule has 1 aliphatic heterocycles. The van der Waals surface area contributed by atoms with Crippen LogP contribution in [0, 0.1) is 11.8 Å². The summed E-state index contributed by atoms with van der Waals surface area (Å²) in [6, 6.07) is 19.1. The molecule has 1 amide bonds. The van der Waals surface area contributed by atoms with Crippen LogP contribution in [0.1, 0.15) is 28.9 Å². The van der Waals surface area contributed by atoms with Crippen molar-refractivity contribution in [1.29, 1.82) is 0 Å². The van der Waals surface area contributed by atoms with Crippen molar-refractivity contribution in [1.82, 2.24) is 9.88 Å². The summed E-state index contributed by atoms with van der Waals surface area (Å²) in [5.74, 6) is 4.58. The maximum atomic E-state index is 13.0. The van der Waals surface area contributed by atoms with Gasteiger partial charge in [-0.05, 0) is 24.3 Å². The van der Waals surface area contributed by atoms with Crippen LogP contribution in [0.3, 0.4) is 0 Å². The highest BCUT2D eigenvalue weighted by molar-refractivity contribution is 5.96. The molecule has 2 heterocycles. The number of esters is 1. The molecule has 2 aromatic carbocycles. The first-order valence-electron chi connectivity index (χ1n) is 11.3. The number of rotatable bonds is 3. The van der Waals surface area contributed by atoms with Gasteiger partial charge in [-0.25, -0.2) is 4.79 Å². The van der Waals surface area contributed by atoms with Gasteiger partial charge in [-0.2, -0.15) is 0 Å². The Hall–Kier alpha value is -4.08. The van der Waals surface area contributed by atoms with Crippen molar-refractivity contribution < 1.29 is 19.1 Å². The molecule has 4 rings (SSSR count). The summed E-state index contributed by atoms with van der Waals surface area (Å²) in [5.41, 5.74) is 2.27. The summed E-state index contributed by atoms with van der Waals surface area (Å²) in [6.07, 6.45) is 7.86. The molecule has 172 valence electrons. The third kappa shape index (κ3) is 6.25. The second-order valence-corrected chi connectivity index (χ2v) is 7.79. The second kappa shape index (κ2) is 11.7. The van der Waals surface area contributed by atoms with Crippen LogP contribution in [0.25, 0.3) is 10.9 Å². The van der Waals surface area contributed by atoms with Crippen LogP contribution in [0.4, 0.5) is 0 Å². The van der Waals surface area contributed by atoms with E-state index in [2.05, 4.69) is 17.2 Å². The van der Waals surface area contributed by atoms with Crippen molar-refractivity contribution >= 4 is 22.8 Å². The molecule has 1 N–H and O–H groups in total. The number of para-hydroxylation sites is 1. The molecule has 0 unspecified atom stereocenters. The van der Waals surface area contributed by atoms with E-state index < -0.39 is 5.91 Å². The van der Waals surface area contributed by atoms with E-state index in [-0.39, 0.29) is 12.1 Å². The zero-order valence-electron chi connectivity index (χ0n) is 18.8. The van der Waals surface area contributed by atoms with E-state index in [9.17, 15) is 9.59 Å². The highest BCUT2D eigenvalue weighted by Crippen LogP contribution is 2.22. The molecule has 6 heteroatoms. The number of fused-ring (bicyclic) bond motifs is 3. The van der Waals surface area contributed by atoms with Gasteiger partial charge in [0.05, 0.1) is 13.2 Å². The first-order chi connectivity index (χ1) is 16.7. The zero-order chi connectivity index (χ0) is 23.6. The number of carbonyl (C=O) groups is 2. The molecule has 1 aliphatic rings. The van der Waals surface area contributed by atoms with E-state index in [0.717, 1.165) is 16.5 Å². The second-order valence-electron chi connectivity index (χ2n) is 7.79. The molecule has 0 spiro atoms. The van der Waals surface area contributed by atoms with Gasteiger partial charge < -0.3 is 19.4 Å². The first-order valence-corrected chi connectivity index (χ1v) is 11.3. The molecule has 1 atom stereocenters. The maximum Gasteiger partial charge on any atom is 0.355 e. The molecule has 0 saturated heterocycles. The molecule has 0 saturated carbocycles. The Kier molecular flexibility index (Phi) is 7.94. The zero-order valence-corrected chi connectivity index (χ0v) is 18.8. The highest BCUT2D eigenvalue weighted by Gasteiger charge is 2.20. The smallest absolute Gasteiger partial charge is 0.355 e. The lowest BCUT2D eigenvalue weighted by molar-refractivity contribution is -0.114. The van der Waals surface area contributed by atoms with Crippen molar-refractivity contribution in [3.8, 4) is 11.8 Å². The van der Waals surface area contributed by atoms with Gasteiger partial charge in [-0.3, -0.25) is 4.79 Å². The average molecular weight is 455 g/mol. The monoisotopic (exact) mass is 454 g/mol. The van der Waals surface area contributed by atoms with E-state index in [0.29, 0.717) is 38.3 Å². The van der Waals surface area contributed by atoms with Crippen molar-refractivity contribution in [2.24, 2.45) is 0 Å². The van der Waals surface area contributed by atoms with Crippen molar-refractivity contribution in [3.05, 3.63) is 96.3 Å². The van der Waals surface area contributed by atoms with E-state index in [4.69, 9.17) is 9.47 Å². The minimum Gasteiger partial charge on any atom is -0.457 e. The number of allylic oxidation sites excluding steroid dienone is 1. The summed E-state index contributed by atoms with van der Waals surface area (Å²) < 4.78 is 13.4. The van der Waals surface area contributed by atoms with Crippen molar-refractivity contribution in [2.45, 2.75) is 25.5 Å².